The van der Waals surface area contributed by atoms with Crippen molar-refractivity contribution in [2.75, 3.05) is 19.0 Å². The Hall–Kier alpha value is -1.87. The lowest BCUT2D eigenvalue weighted by atomic mass is 10.00. The van der Waals surface area contributed by atoms with E-state index in [1.54, 1.807) is 12.2 Å². The summed E-state index contributed by atoms with van der Waals surface area (Å²) >= 11 is 0. The quantitative estimate of drug-likeness (QED) is 0.0152. The minimum Gasteiger partial charge on any atom is -0.458 e. The average molecular weight is 847 g/mol. The van der Waals surface area contributed by atoms with E-state index < -0.39 is 71.2 Å². The fourth-order valence-electron chi connectivity index (χ4n) is 7.06. The summed E-state index contributed by atoms with van der Waals surface area (Å²) in [5.74, 6) is -2.23. The van der Waals surface area contributed by atoms with Crippen molar-refractivity contribution in [1.82, 2.24) is 0 Å². The zero-order chi connectivity index (χ0) is 42.7. The number of hydrogen-bond donors (Lipinski definition) is 4. The maximum absolute atomic E-state index is 12.8. The smallest absolute Gasteiger partial charge is 0.330 e. The molecule has 1 heterocycles. The Morgan fingerprint density at radius 2 is 1.09 bits per heavy atom. The maximum atomic E-state index is 12.8. The summed E-state index contributed by atoms with van der Waals surface area (Å²) in [6.45, 7) is 3.66. The first-order valence-electron chi connectivity index (χ1n) is 22.9. The highest BCUT2D eigenvalue weighted by molar-refractivity contribution is 7.85. The SMILES string of the molecule is CCCCCCCCCCCCC/C=C/C=C/C(=O)OC[C@H](CO[C@H]1O[C@H](CS(=O)(=O)O)[C@@H](O)C(O)C1O)OC(=O)CCCCCCCCCCCCCCCCC. The third-order valence-corrected chi connectivity index (χ3v) is 11.4. The molecule has 0 aromatic rings. The zero-order valence-electron chi connectivity index (χ0n) is 36.2. The van der Waals surface area contributed by atoms with Crippen molar-refractivity contribution in [3.63, 3.8) is 0 Å². The van der Waals surface area contributed by atoms with Crippen LogP contribution in [0.5, 0.6) is 0 Å². The molecular weight excluding hydrogens is 765 g/mol. The van der Waals surface area contributed by atoms with Crippen molar-refractivity contribution in [1.29, 1.82) is 0 Å². The van der Waals surface area contributed by atoms with Gasteiger partial charge in [0.1, 0.15) is 36.8 Å². The van der Waals surface area contributed by atoms with Crippen molar-refractivity contribution in [3.05, 3.63) is 24.3 Å². The Morgan fingerprint density at radius 1 is 0.621 bits per heavy atom. The van der Waals surface area contributed by atoms with Gasteiger partial charge in [-0.1, -0.05) is 186 Å². The number of hydrogen-bond acceptors (Lipinski definition) is 11. The first-order chi connectivity index (χ1) is 28.0. The molecule has 4 N–H and O–H groups in total. The first-order valence-corrected chi connectivity index (χ1v) is 24.5. The number of unbranched alkanes of at least 4 members (excludes halogenated alkanes) is 25. The molecule has 13 heteroatoms. The number of rotatable bonds is 38. The van der Waals surface area contributed by atoms with E-state index in [9.17, 15) is 37.9 Å². The zero-order valence-corrected chi connectivity index (χ0v) is 37.0. The van der Waals surface area contributed by atoms with Gasteiger partial charge in [0.15, 0.2) is 12.4 Å². The van der Waals surface area contributed by atoms with Crippen molar-refractivity contribution in [2.45, 2.75) is 230 Å². The second-order valence-electron chi connectivity index (χ2n) is 16.1. The van der Waals surface area contributed by atoms with E-state index in [-0.39, 0.29) is 13.0 Å². The van der Waals surface area contributed by atoms with Gasteiger partial charge in [0.25, 0.3) is 10.1 Å². The highest BCUT2D eigenvalue weighted by Crippen LogP contribution is 2.24. The molecule has 1 aliphatic rings. The Balaban J connectivity index is 2.49. The molecule has 0 aromatic carbocycles. The number of allylic oxidation sites excluding steroid dienone is 3. The highest BCUT2D eigenvalue weighted by atomic mass is 32.2. The third kappa shape index (κ3) is 30.2. The summed E-state index contributed by atoms with van der Waals surface area (Å²) in [5, 5.41) is 30.8. The predicted octanol–water partition coefficient (Wildman–Crippen LogP) is 9.23. The molecule has 0 aliphatic carbocycles. The standard InChI is InChI=1S/C45H82O12S/c1-3-5-7-9-11-13-15-17-19-21-23-25-27-29-31-33-40(46)54-35-38(36-55-45-44(50)43(49)42(48)39(57-45)37-58(51,52)53)56-41(47)34-32-30-28-26-24-22-20-18-16-14-12-10-8-6-4-2/h27,29,31,33,38-39,42-45,48-50H,3-26,28,30,32,34-37H2,1-2H3,(H,51,52,53)/b29-27+,33-31+/t38-,39-,42-,43?,44?,45+/m1/s1. The Labute approximate surface area is 351 Å². The minimum absolute atomic E-state index is 0.149. The molecule has 1 rings (SSSR count). The van der Waals surface area contributed by atoms with Gasteiger partial charge in [-0.25, -0.2) is 4.79 Å². The van der Waals surface area contributed by atoms with Gasteiger partial charge in [-0.05, 0) is 19.3 Å². The predicted molar refractivity (Wildman–Crippen MR) is 229 cm³/mol. The number of carbonyl (C=O) groups excluding carboxylic acids is 2. The Kier molecular flexibility index (Phi) is 33.5. The summed E-state index contributed by atoms with van der Waals surface area (Å²) in [4.78, 5) is 25.3. The van der Waals surface area contributed by atoms with E-state index in [4.69, 9.17) is 18.9 Å². The van der Waals surface area contributed by atoms with Gasteiger partial charge in [-0.15, -0.1) is 0 Å². The van der Waals surface area contributed by atoms with Crippen molar-refractivity contribution in [2.24, 2.45) is 0 Å². The lowest BCUT2D eigenvalue weighted by molar-refractivity contribution is -0.297. The number of carbonyl (C=O) groups is 2. The van der Waals surface area contributed by atoms with Crippen LogP contribution in [0, 0.1) is 0 Å². The lowest BCUT2D eigenvalue weighted by Gasteiger charge is -2.40. The molecular formula is C45H82O12S. The molecule has 1 fully saturated rings. The summed E-state index contributed by atoms with van der Waals surface area (Å²) in [6, 6.07) is 0. The average Bonchev–Trinajstić information content (AvgIpc) is 3.18. The van der Waals surface area contributed by atoms with E-state index in [2.05, 4.69) is 13.8 Å². The van der Waals surface area contributed by atoms with Gasteiger partial charge in [-0.3, -0.25) is 9.35 Å². The fraction of sp³-hybridized carbons (Fsp3) is 0.867. The topological polar surface area (TPSA) is 186 Å². The molecule has 12 nitrogen and oxygen atoms in total. The van der Waals surface area contributed by atoms with Crippen LogP contribution in [0.4, 0.5) is 0 Å². The van der Waals surface area contributed by atoms with Crippen LogP contribution in [-0.2, 0) is 38.7 Å². The van der Waals surface area contributed by atoms with Crippen LogP contribution >= 0.6 is 0 Å². The molecule has 58 heavy (non-hydrogen) atoms. The molecule has 340 valence electrons. The summed E-state index contributed by atoms with van der Waals surface area (Å²) in [7, 11) is -4.61. The van der Waals surface area contributed by atoms with Crippen molar-refractivity contribution in [3.8, 4) is 0 Å². The largest absolute Gasteiger partial charge is 0.458 e. The normalized spacial score (nSPS) is 20.6. The monoisotopic (exact) mass is 847 g/mol. The number of aliphatic hydroxyl groups excluding tert-OH is 3. The minimum atomic E-state index is -4.61. The van der Waals surface area contributed by atoms with Crippen LogP contribution in [0.15, 0.2) is 24.3 Å². The van der Waals surface area contributed by atoms with Gasteiger partial charge in [-0.2, -0.15) is 8.42 Å². The first kappa shape index (κ1) is 54.1. The van der Waals surface area contributed by atoms with Crippen LogP contribution in [0.2, 0.25) is 0 Å². The number of ether oxygens (including phenoxy) is 4. The van der Waals surface area contributed by atoms with Gasteiger partial charge < -0.3 is 34.3 Å². The van der Waals surface area contributed by atoms with E-state index in [0.717, 1.165) is 32.1 Å². The van der Waals surface area contributed by atoms with Gasteiger partial charge >= 0.3 is 11.9 Å². The van der Waals surface area contributed by atoms with Gasteiger partial charge in [0.05, 0.1) is 6.61 Å². The summed E-state index contributed by atoms with van der Waals surface area (Å²) in [6.07, 6.45) is 30.0. The molecule has 0 spiro atoms. The van der Waals surface area contributed by atoms with E-state index in [1.165, 1.54) is 141 Å². The van der Waals surface area contributed by atoms with Crippen LogP contribution < -0.4 is 0 Å². The van der Waals surface area contributed by atoms with Crippen LogP contribution in [-0.4, -0.2) is 96.0 Å². The second-order valence-corrected chi connectivity index (χ2v) is 17.6. The molecule has 0 amide bonds. The lowest BCUT2D eigenvalue weighted by Crippen LogP contribution is -2.60. The summed E-state index contributed by atoms with van der Waals surface area (Å²) in [5.41, 5.74) is 0. The molecule has 0 bridgehead atoms. The molecule has 6 atom stereocenters. The fourth-order valence-corrected chi connectivity index (χ4v) is 7.75. The molecule has 1 aliphatic heterocycles. The van der Waals surface area contributed by atoms with Crippen LogP contribution in [0.3, 0.4) is 0 Å². The highest BCUT2D eigenvalue weighted by Gasteiger charge is 2.46. The maximum Gasteiger partial charge on any atom is 0.330 e. The molecule has 2 unspecified atom stereocenters. The molecule has 0 saturated carbocycles. The number of aliphatic hydroxyl groups is 3. The Bertz CT molecular complexity index is 1180. The van der Waals surface area contributed by atoms with Gasteiger partial charge in [0, 0.05) is 12.5 Å². The number of esters is 2. The third-order valence-electron chi connectivity index (χ3n) is 10.6. The molecule has 0 radical (unpaired) electrons. The van der Waals surface area contributed by atoms with Crippen LogP contribution in [0.1, 0.15) is 194 Å². The molecule has 0 aromatic heterocycles. The molecule has 1 saturated heterocycles. The van der Waals surface area contributed by atoms with Gasteiger partial charge in [0.2, 0.25) is 0 Å². The summed E-state index contributed by atoms with van der Waals surface area (Å²) < 4.78 is 53.9. The Morgan fingerprint density at radius 3 is 1.57 bits per heavy atom. The van der Waals surface area contributed by atoms with E-state index in [1.807, 2.05) is 6.08 Å². The van der Waals surface area contributed by atoms with Crippen LogP contribution in [0.25, 0.3) is 0 Å². The second kappa shape index (κ2) is 35.8. The van der Waals surface area contributed by atoms with E-state index >= 15 is 0 Å². The van der Waals surface area contributed by atoms with Crippen molar-refractivity contribution >= 4 is 22.1 Å². The van der Waals surface area contributed by atoms with E-state index in [0.29, 0.717) is 6.42 Å². The van der Waals surface area contributed by atoms with Crippen molar-refractivity contribution < 1.29 is 56.8 Å².